The lowest BCUT2D eigenvalue weighted by Gasteiger charge is -2.33. The summed E-state index contributed by atoms with van der Waals surface area (Å²) >= 11 is 0. The average Bonchev–Trinajstić information content (AvgIpc) is 2.38. The topological polar surface area (TPSA) is 41.3 Å². The molecule has 0 unspecified atom stereocenters. The first kappa shape index (κ1) is 13.4. The Labute approximate surface area is 110 Å². The third-order valence-electron chi connectivity index (χ3n) is 4.00. The zero-order valence-corrected chi connectivity index (χ0v) is 11.6. The molecule has 0 aliphatic carbocycles. The Balaban J connectivity index is 1.90. The first-order valence-electron chi connectivity index (χ1n) is 6.96. The Morgan fingerprint density at radius 2 is 2.00 bits per heavy atom. The molecule has 1 fully saturated rings. The van der Waals surface area contributed by atoms with Crippen LogP contribution in [0.15, 0.2) is 18.2 Å². The number of benzene rings is 1. The van der Waals surface area contributed by atoms with E-state index in [0.717, 1.165) is 13.1 Å². The van der Waals surface area contributed by atoms with E-state index in [0.29, 0.717) is 6.04 Å². The number of nitrogens with zero attached hydrogens (tertiary/aromatic N) is 1. The van der Waals surface area contributed by atoms with Gasteiger partial charge in [-0.05, 0) is 43.9 Å². The van der Waals surface area contributed by atoms with Gasteiger partial charge in [-0.2, -0.15) is 0 Å². The molecular formula is C15H25N3. The fourth-order valence-electron chi connectivity index (χ4n) is 2.61. The molecule has 2 rings (SSSR count). The molecule has 0 saturated carbocycles. The number of hydrogen-bond acceptors (Lipinski definition) is 3. The van der Waals surface area contributed by atoms with Gasteiger partial charge in [-0.25, -0.2) is 0 Å². The van der Waals surface area contributed by atoms with E-state index in [1.807, 2.05) is 0 Å². The third kappa shape index (κ3) is 3.24. The quantitative estimate of drug-likeness (QED) is 0.856. The maximum absolute atomic E-state index is 5.60. The number of nitrogens with two attached hydrogens (primary N) is 1. The number of piperidine rings is 1. The molecule has 0 atom stereocenters. The number of anilines is 1. The van der Waals surface area contributed by atoms with Gasteiger partial charge in [-0.3, -0.25) is 0 Å². The lowest BCUT2D eigenvalue weighted by atomic mass is 10.0. The average molecular weight is 247 g/mol. The van der Waals surface area contributed by atoms with Gasteiger partial charge in [0.05, 0.1) is 0 Å². The second-order valence-corrected chi connectivity index (χ2v) is 5.30. The van der Waals surface area contributed by atoms with E-state index in [1.54, 1.807) is 0 Å². The smallest absolute Gasteiger partial charge is 0.0374 e. The summed E-state index contributed by atoms with van der Waals surface area (Å²) in [5.74, 6) is 0. The predicted octanol–water partition coefficient (Wildman–Crippen LogP) is 2.14. The summed E-state index contributed by atoms with van der Waals surface area (Å²) in [5, 5.41) is 3.69. The molecule has 1 heterocycles. The summed E-state index contributed by atoms with van der Waals surface area (Å²) in [6, 6.07) is 7.10. The minimum atomic E-state index is 0.611. The van der Waals surface area contributed by atoms with Crippen LogP contribution >= 0.6 is 0 Å². The van der Waals surface area contributed by atoms with Gasteiger partial charge in [-0.15, -0.1) is 0 Å². The first-order valence-corrected chi connectivity index (χ1v) is 6.96. The van der Waals surface area contributed by atoms with Crippen molar-refractivity contribution < 1.29 is 0 Å². The van der Waals surface area contributed by atoms with Crippen LogP contribution in [0.4, 0.5) is 5.69 Å². The molecule has 0 aromatic heterocycles. The minimum Gasteiger partial charge on any atom is -0.382 e. The molecule has 3 nitrogen and oxygen atoms in total. The van der Waals surface area contributed by atoms with Crippen molar-refractivity contribution in [2.24, 2.45) is 5.73 Å². The highest BCUT2D eigenvalue weighted by Crippen LogP contribution is 2.21. The highest BCUT2D eigenvalue weighted by molar-refractivity contribution is 5.54. The van der Waals surface area contributed by atoms with Crippen LogP contribution < -0.4 is 11.1 Å². The molecule has 3 N–H and O–H groups in total. The third-order valence-corrected chi connectivity index (χ3v) is 4.00. The molecule has 1 aromatic rings. The Morgan fingerprint density at radius 3 is 2.67 bits per heavy atom. The van der Waals surface area contributed by atoms with Crippen molar-refractivity contribution in [1.82, 2.24) is 4.90 Å². The van der Waals surface area contributed by atoms with Gasteiger partial charge in [-0.1, -0.05) is 12.1 Å². The molecule has 1 aliphatic rings. The maximum Gasteiger partial charge on any atom is 0.0374 e. The highest BCUT2D eigenvalue weighted by Gasteiger charge is 2.18. The fraction of sp³-hybridized carbons (Fsp3) is 0.600. The Bertz CT molecular complexity index is 381. The second-order valence-electron chi connectivity index (χ2n) is 5.30. The van der Waals surface area contributed by atoms with Crippen LogP contribution in [0.25, 0.3) is 0 Å². The van der Waals surface area contributed by atoms with E-state index < -0.39 is 0 Å². The molecule has 18 heavy (non-hydrogen) atoms. The van der Waals surface area contributed by atoms with E-state index in [9.17, 15) is 0 Å². The van der Waals surface area contributed by atoms with Crippen LogP contribution in [0.3, 0.4) is 0 Å². The summed E-state index contributed by atoms with van der Waals surface area (Å²) in [6.45, 7) is 8.51. The zero-order valence-electron chi connectivity index (χ0n) is 11.6. The number of nitrogens with one attached hydrogen (secondary N) is 1. The summed E-state index contributed by atoms with van der Waals surface area (Å²) in [6.07, 6.45) is 2.43. The van der Waals surface area contributed by atoms with Gasteiger partial charge in [0.1, 0.15) is 0 Å². The normalized spacial score (nSPS) is 17.9. The van der Waals surface area contributed by atoms with Crippen LogP contribution in [-0.2, 0) is 0 Å². The molecular weight excluding hydrogens is 222 g/mol. The van der Waals surface area contributed by atoms with Gasteiger partial charge >= 0.3 is 0 Å². The molecule has 1 saturated heterocycles. The van der Waals surface area contributed by atoms with E-state index in [4.69, 9.17) is 5.73 Å². The number of likely N-dealkylation sites (tertiary alicyclic amines) is 1. The number of aryl methyl sites for hydroxylation is 1. The summed E-state index contributed by atoms with van der Waals surface area (Å²) in [5.41, 5.74) is 9.63. The lowest BCUT2D eigenvalue weighted by molar-refractivity contribution is 0.224. The predicted molar refractivity (Wildman–Crippen MR) is 78.1 cm³/mol. The molecule has 0 radical (unpaired) electrons. The molecule has 100 valence electrons. The van der Waals surface area contributed by atoms with Gasteiger partial charge < -0.3 is 16.0 Å². The minimum absolute atomic E-state index is 0.611. The second kappa shape index (κ2) is 6.21. The lowest BCUT2D eigenvalue weighted by Crippen LogP contribution is -2.41. The van der Waals surface area contributed by atoms with Crippen LogP contribution in [0.1, 0.15) is 24.0 Å². The van der Waals surface area contributed by atoms with Crippen molar-refractivity contribution in [3.05, 3.63) is 29.3 Å². The monoisotopic (exact) mass is 247 g/mol. The standard InChI is InChI=1S/C15H25N3/c1-12-4-3-5-15(13(12)2)17-14-6-9-18(10-7-14)11-8-16/h3-5,14,17H,6-11,16H2,1-2H3. The summed E-state index contributed by atoms with van der Waals surface area (Å²) in [4.78, 5) is 2.46. The van der Waals surface area contributed by atoms with E-state index in [-0.39, 0.29) is 0 Å². The van der Waals surface area contributed by atoms with Gasteiger partial charge in [0.15, 0.2) is 0 Å². The van der Waals surface area contributed by atoms with Crippen molar-refractivity contribution in [2.45, 2.75) is 32.7 Å². The Morgan fingerprint density at radius 1 is 1.28 bits per heavy atom. The Hall–Kier alpha value is -1.06. The van der Waals surface area contributed by atoms with Crippen LogP contribution in [0.5, 0.6) is 0 Å². The number of rotatable bonds is 4. The van der Waals surface area contributed by atoms with Crippen LogP contribution in [-0.4, -0.2) is 37.1 Å². The van der Waals surface area contributed by atoms with Crippen molar-refractivity contribution in [3.8, 4) is 0 Å². The van der Waals surface area contributed by atoms with Crippen molar-refractivity contribution >= 4 is 5.69 Å². The maximum atomic E-state index is 5.60. The molecule has 3 heteroatoms. The molecule has 1 aromatic carbocycles. The number of hydrogen-bond donors (Lipinski definition) is 2. The summed E-state index contributed by atoms with van der Waals surface area (Å²) < 4.78 is 0. The van der Waals surface area contributed by atoms with Crippen molar-refractivity contribution in [3.63, 3.8) is 0 Å². The Kier molecular flexibility index (Phi) is 4.61. The van der Waals surface area contributed by atoms with E-state index >= 15 is 0 Å². The van der Waals surface area contributed by atoms with Crippen molar-refractivity contribution in [1.29, 1.82) is 0 Å². The fourth-order valence-corrected chi connectivity index (χ4v) is 2.61. The van der Waals surface area contributed by atoms with E-state index in [2.05, 4.69) is 42.3 Å². The van der Waals surface area contributed by atoms with Gasteiger partial charge in [0.2, 0.25) is 0 Å². The molecule has 0 amide bonds. The molecule has 0 bridgehead atoms. The summed E-state index contributed by atoms with van der Waals surface area (Å²) in [7, 11) is 0. The van der Waals surface area contributed by atoms with Gasteiger partial charge in [0.25, 0.3) is 0 Å². The SMILES string of the molecule is Cc1cccc(NC2CCN(CCN)CC2)c1C. The first-order chi connectivity index (χ1) is 8.70. The largest absolute Gasteiger partial charge is 0.382 e. The van der Waals surface area contributed by atoms with Crippen LogP contribution in [0.2, 0.25) is 0 Å². The van der Waals surface area contributed by atoms with Gasteiger partial charge in [0, 0.05) is 37.9 Å². The molecule has 1 aliphatic heterocycles. The van der Waals surface area contributed by atoms with E-state index in [1.165, 1.54) is 42.7 Å². The van der Waals surface area contributed by atoms with Crippen molar-refractivity contribution in [2.75, 3.05) is 31.5 Å². The molecule has 0 spiro atoms. The zero-order chi connectivity index (χ0) is 13.0. The highest BCUT2D eigenvalue weighted by atomic mass is 15.1. The van der Waals surface area contributed by atoms with Crippen LogP contribution in [0, 0.1) is 13.8 Å².